The number of methoxy groups -OCH3 is 1. The number of fused-ring (bicyclic) bond motifs is 3. The molecule has 3 heterocycles. The van der Waals surface area contributed by atoms with Gasteiger partial charge in [0.15, 0.2) is 0 Å². The molecular weight excluding hydrogens is 420 g/mol. The summed E-state index contributed by atoms with van der Waals surface area (Å²) in [6.45, 7) is 6.18. The van der Waals surface area contributed by atoms with E-state index in [2.05, 4.69) is 9.97 Å². The van der Waals surface area contributed by atoms with Crippen molar-refractivity contribution in [2.75, 3.05) is 20.2 Å². The van der Waals surface area contributed by atoms with E-state index >= 15 is 0 Å². The van der Waals surface area contributed by atoms with Gasteiger partial charge in [0.1, 0.15) is 23.0 Å². The van der Waals surface area contributed by atoms with E-state index in [1.807, 2.05) is 43.5 Å². The zero-order chi connectivity index (χ0) is 22.3. The number of carbonyl (C=O) groups excluding carboxylic acids is 1. The number of aliphatic hydroxyl groups excluding tert-OH is 1. The van der Waals surface area contributed by atoms with E-state index in [1.54, 1.807) is 12.0 Å². The minimum atomic E-state index is -0.811. The third-order valence-electron chi connectivity index (χ3n) is 5.46. The van der Waals surface area contributed by atoms with Crippen LogP contribution < -0.4 is 4.74 Å². The van der Waals surface area contributed by atoms with E-state index in [4.69, 9.17) is 21.1 Å². The molecule has 0 bridgehead atoms. The van der Waals surface area contributed by atoms with Crippen molar-refractivity contribution < 1.29 is 19.4 Å². The molecule has 8 nitrogen and oxygen atoms in total. The number of rotatable bonds is 2. The monoisotopic (exact) mass is 446 g/mol. The summed E-state index contributed by atoms with van der Waals surface area (Å²) >= 11 is 6.26. The molecule has 31 heavy (non-hydrogen) atoms. The number of nitrogens with zero attached hydrogens (tertiary/aromatic N) is 4. The highest BCUT2D eigenvalue weighted by atomic mass is 35.5. The standard InChI is InChI=1S/C22H27ClN4O4/c1-22(2,3)31-21(29)26-9-5-6-16(17(28)11-26)27-15-8-7-13(23)10-14(15)18-19(27)20(30-4)25-12-24-18/h7-8,10,12,16-17,28H,5-6,9,11H2,1-4H3. The molecule has 0 spiro atoms. The predicted octanol–water partition coefficient (Wildman–Crippen LogP) is 4.18. The Balaban J connectivity index is 1.78. The highest BCUT2D eigenvalue weighted by molar-refractivity contribution is 6.31. The summed E-state index contributed by atoms with van der Waals surface area (Å²) in [6, 6.07) is 5.30. The minimum absolute atomic E-state index is 0.171. The Bertz CT molecular complexity index is 1120. The van der Waals surface area contributed by atoms with Crippen molar-refractivity contribution in [2.24, 2.45) is 0 Å². The molecule has 9 heteroatoms. The number of benzene rings is 1. The molecule has 2 unspecified atom stereocenters. The highest BCUT2D eigenvalue weighted by Crippen LogP contribution is 2.39. The predicted molar refractivity (Wildman–Crippen MR) is 119 cm³/mol. The molecule has 1 saturated heterocycles. The van der Waals surface area contributed by atoms with Crippen molar-refractivity contribution in [1.29, 1.82) is 0 Å². The van der Waals surface area contributed by atoms with Crippen LogP contribution in [0.4, 0.5) is 4.79 Å². The van der Waals surface area contributed by atoms with Crippen molar-refractivity contribution in [3.05, 3.63) is 29.5 Å². The third kappa shape index (κ3) is 4.14. The van der Waals surface area contributed by atoms with E-state index in [-0.39, 0.29) is 12.6 Å². The Morgan fingerprint density at radius 1 is 1.29 bits per heavy atom. The van der Waals surface area contributed by atoms with Crippen LogP contribution in [0.15, 0.2) is 24.5 Å². The maximum absolute atomic E-state index is 12.6. The number of aliphatic hydroxyl groups is 1. The van der Waals surface area contributed by atoms with Crippen LogP contribution >= 0.6 is 11.6 Å². The fraction of sp³-hybridized carbons (Fsp3) is 0.500. The van der Waals surface area contributed by atoms with Gasteiger partial charge in [-0.25, -0.2) is 9.78 Å². The fourth-order valence-electron chi connectivity index (χ4n) is 4.22. The van der Waals surface area contributed by atoms with Crippen molar-refractivity contribution in [1.82, 2.24) is 19.4 Å². The molecule has 1 amide bonds. The summed E-state index contributed by atoms with van der Waals surface area (Å²) in [6.07, 6.45) is 1.61. The summed E-state index contributed by atoms with van der Waals surface area (Å²) in [5.41, 5.74) is 1.71. The molecule has 0 radical (unpaired) electrons. The Kier molecular flexibility index (Phi) is 5.70. The number of carbonyl (C=O) groups is 1. The SMILES string of the molecule is COc1ncnc2c3cc(Cl)ccc3n(C3CCCN(C(=O)OC(C)(C)C)CC3O)c12. The molecule has 166 valence electrons. The van der Waals surface area contributed by atoms with E-state index in [1.165, 1.54) is 6.33 Å². The first kappa shape index (κ1) is 21.6. The van der Waals surface area contributed by atoms with Crippen LogP contribution in [-0.2, 0) is 4.74 Å². The first-order chi connectivity index (χ1) is 14.7. The van der Waals surface area contributed by atoms with Crippen molar-refractivity contribution >= 4 is 39.6 Å². The summed E-state index contributed by atoms with van der Waals surface area (Å²) < 4.78 is 13.1. The number of β-amino-alcohol motifs (C(OH)–C–C–N with tert-alkyl or cyclic N) is 1. The number of amides is 1. The van der Waals surface area contributed by atoms with Gasteiger partial charge >= 0.3 is 6.09 Å². The van der Waals surface area contributed by atoms with Crippen LogP contribution in [-0.4, -0.2) is 62.5 Å². The number of aromatic nitrogens is 3. The van der Waals surface area contributed by atoms with Gasteiger partial charge in [-0.2, -0.15) is 4.98 Å². The van der Waals surface area contributed by atoms with E-state index < -0.39 is 17.8 Å². The van der Waals surface area contributed by atoms with Crippen LogP contribution in [0.5, 0.6) is 5.88 Å². The normalized spacial score (nSPS) is 20.1. The second-order valence-electron chi connectivity index (χ2n) is 8.81. The number of ether oxygens (including phenoxy) is 2. The maximum atomic E-state index is 12.6. The van der Waals surface area contributed by atoms with Crippen LogP contribution in [0.3, 0.4) is 0 Å². The lowest BCUT2D eigenvalue weighted by Crippen LogP contribution is -2.41. The molecule has 1 aromatic carbocycles. The van der Waals surface area contributed by atoms with Crippen LogP contribution in [0.2, 0.25) is 5.02 Å². The fourth-order valence-corrected chi connectivity index (χ4v) is 4.39. The van der Waals surface area contributed by atoms with Gasteiger partial charge in [0.25, 0.3) is 0 Å². The Morgan fingerprint density at radius 2 is 2.06 bits per heavy atom. The van der Waals surface area contributed by atoms with Crippen molar-refractivity contribution in [3.63, 3.8) is 0 Å². The van der Waals surface area contributed by atoms with Crippen LogP contribution in [0.25, 0.3) is 21.9 Å². The minimum Gasteiger partial charge on any atom is -0.479 e. The van der Waals surface area contributed by atoms with Crippen LogP contribution in [0.1, 0.15) is 39.7 Å². The lowest BCUT2D eigenvalue weighted by atomic mass is 10.1. The summed E-state index contributed by atoms with van der Waals surface area (Å²) in [7, 11) is 1.56. The molecule has 4 rings (SSSR count). The summed E-state index contributed by atoms with van der Waals surface area (Å²) in [5.74, 6) is 0.428. The highest BCUT2D eigenvalue weighted by Gasteiger charge is 2.33. The van der Waals surface area contributed by atoms with Gasteiger partial charge < -0.3 is 24.0 Å². The third-order valence-corrected chi connectivity index (χ3v) is 5.69. The van der Waals surface area contributed by atoms with Gasteiger partial charge in [-0.15, -0.1) is 0 Å². The Hall–Kier alpha value is -2.58. The smallest absolute Gasteiger partial charge is 0.410 e. The lowest BCUT2D eigenvalue weighted by molar-refractivity contribution is 0.0141. The molecular formula is C22H27ClN4O4. The summed E-state index contributed by atoms with van der Waals surface area (Å²) in [4.78, 5) is 22.9. The number of halogens is 1. The zero-order valence-corrected chi connectivity index (χ0v) is 18.9. The maximum Gasteiger partial charge on any atom is 0.410 e. The van der Waals surface area contributed by atoms with Gasteiger partial charge in [0.05, 0.1) is 31.3 Å². The molecule has 2 aromatic heterocycles. The van der Waals surface area contributed by atoms with Crippen molar-refractivity contribution in [3.8, 4) is 5.88 Å². The Labute approximate surface area is 185 Å². The number of likely N-dealkylation sites (tertiary alicyclic amines) is 1. The number of hydrogen-bond acceptors (Lipinski definition) is 6. The molecule has 1 N–H and O–H groups in total. The molecule has 3 aromatic rings. The van der Waals surface area contributed by atoms with Crippen molar-refractivity contribution in [2.45, 2.75) is 51.4 Å². The topological polar surface area (TPSA) is 89.7 Å². The largest absolute Gasteiger partial charge is 0.479 e. The molecule has 1 fully saturated rings. The van der Waals surface area contributed by atoms with Gasteiger partial charge in [0.2, 0.25) is 5.88 Å². The molecule has 1 aliphatic rings. The number of hydrogen-bond donors (Lipinski definition) is 1. The second-order valence-corrected chi connectivity index (χ2v) is 9.25. The van der Waals surface area contributed by atoms with Gasteiger partial charge in [-0.05, 0) is 51.8 Å². The average Bonchev–Trinajstić information content (AvgIpc) is 2.89. The Morgan fingerprint density at radius 3 is 2.77 bits per heavy atom. The lowest BCUT2D eigenvalue weighted by Gasteiger charge is -2.29. The van der Waals surface area contributed by atoms with Gasteiger partial charge in [-0.1, -0.05) is 11.6 Å². The van der Waals surface area contributed by atoms with E-state index in [0.717, 1.165) is 10.9 Å². The first-order valence-corrected chi connectivity index (χ1v) is 10.7. The molecule has 2 atom stereocenters. The molecule has 0 saturated carbocycles. The quantitative estimate of drug-likeness (QED) is 0.635. The average molecular weight is 447 g/mol. The zero-order valence-electron chi connectivity index (χ0n) is 18.1. The van der Waals surface area contributed by atoms with Gasteiger partial charge in [0, 0.05) is 17.0 Å². The van der Waals surface area contributed by atoms with E-state index in [0.29, 0.717) is 41.3 Å². The molecule has 1 aliphatic heterocycles. The first-order valence-electron chi connectivity index (χ1n) is 10.3. The second kappa shape index (κ2) is 8.16. The van der Waals surface area contributed by atoms with E-state index in [9.17, 15) is 9.90 Å². The summed E-state index contributed by atoms with van der Waals surface area (Å²) in [5, 5.41) is 12.7. The van der Waals surface area contributed by atoms with Gasteiger partial charge in [-0.3, -0.25) is 0 Å². The van der Waals surface area contributed by atoms with Crippen LogP contribution in [0, 0.1) is 0 Å². The molecule has 0 aliphatic carbocycles.